The molecule has 0 heterocycles. The molecular weight excluding hydrogens is 280 g/mol. The lowest BCUT2D eigenvalue weighted by molar-refractivity contribution is 0.0950. The minimum Gasteiger partial charge on any atom is -0.496 e. The molecule has 92 valence electrons. The smallest absolute Gasteiger partial charge is 0.170 e. The molecule has 1 aromatic rings. The molecule has 0 N–H and O–H groups in total. The summed E-state index contributed by atoms with van der Waals surface area (Å²) < 4.78 is 6.27. The van der Waals surface area contributed by atoms with Crippen LogP contribution in [0.2, 0.25) is 0 Å². The summed E-state index contributed by atoms with van der Waals surface area (Å²) in [5.74, 6) is 1.02. The third-order valence-corrected chi connectivity index (χ3v) is 4.43. The molecule has 17 heavy (non-hydrogen) atoms. The summed E-state index contributed by atoms with van der Waals surface area (Å²) >= 11 is 3.47. The van der Waals surface area contributed by atoms with Gasteiger partial charge in [0.05, 0.1) is 12.7 Å². The molecule has 3 heteroatoms. The molecule has 1 unspecified atom stereocenters. The molecule has 1 aromatic carbocycles. The number of rotatable bonds is 3. The zero-order valence-corrected chi connectivity index (χ0v) is 12.2. The van der Waals surface area contributed by atoms with Crippen LogP contribution in [0.25, 0.3) is 0 Å². The number of hydrogen-bond acceptors (Lipinski definition) is 2. The van der Waals surface area contributed by atoms with Crippen LogP contribution < -0.4 is 4.74 Å². The Labute approximate surface area is 110 Å². The third-order valence-electron chi connectivity index (χ3n) is 3.58. The van der Waals surface area contributed by atoms with Gasteiger partial charge >= 0.3 is 0 Å². The van der Waals surface area contributed by atoms with Crippen molar-refractivity contribution in [2.45, 2.75) is 27.2 Å². The lowest BCUT2D eigenvalue weighted by Crippen LogP contribution is -2.08. The first-order valence-electron chi connectivity index (χ1n) is 5.75. The monoisotopic (exact) mass is 296 g/mol. The Bertz CT molecular complexity index is 477. The number of benzene rings is 1. The molecule has 1 saturated carbocycles. The molecule has 0 aliphatic heterocycles. The summed E-state index contributed by atoms with van der Waals surface area (Å²) in [7, 11) is 1.61. The molecule has 2 nitrogen and oxygen atoms in total. The zero-order valence-electron chi connectivity index (χ0n) is 10.6. The van der Waals surface area contributed by atoms with Crippen LogP contribution in [-0.4, -0.2) is 12.9 Å². The van der Waals surface area contributed by atoms with Gasteiger partial charge in [-0.1, -0.05) is 29.8 Å². The van der Waals surface area contributed by atoms with Gasteiger partial charge in [0.2, 0.25) is 0 Å². The van der Waals surface area contributed by atoms with Crippen molar-refractivity contribution in [1.82, 2.24) is 0 Å². The summed E-state index contributed by atoms with van der Waals surface area (Å²) in [6, 6.07) is 3.79. The highest BCUT2D eigenvalue weighted by atomic mass is 79.9. The van der Waals surface area contributed by atoms with Crippen LogP contribution in [0, 0.1) is 18.3 Å². The topological polar surface area (TPSA) is 26.3 Å². The molecule has 1 aliphatic carbocycles. The normalized spacial score (nSPS) is 21.1. The highest BCUT2D eigenvalue weighted by Crippen LogP contribution is 2.53. The van der Waals surface area contributed by atoms with Crippen molar-refractivity contribution >= 4 is 21.7 Å². The van der Waals surface area contributed by atoms with E-state index in [1.54, 1.807) is 7.11 Å². The van der Waals surface area contributed by atoms with Crippen LogP contribution in [0.5, 0.6) is 5.75 Å². The fraction of sp³-hybridized carbons (Fsp3) is 0.500. The fourth-order valence-corrected chi connectivity index (χ4v) is 2.46. The maximum absolute atomic E-state index is 12.4. The standard InChI is InChI=1S/C14H17BrO2/c1-8-5-12(17-4)9(6-11(8)15)13(16)10-7-14(10,2)3/h5-6,10H,7H2,1-4H3. The van der Waals surface area contributed by atoms with E-state index >= 15 is 0 Å². The van der Waals surface area contributed by atoms with Gasteiger partial charge in [0.25, 0.3) is 0 Å². The molecule has 1 fully saturated rings. The van der Waals surface area contributed by atoms with Crippen molar-refractivity contribution in [2.75, 3.05) is 7.11 Å². The van der Waals surface area contributed by atoms with E-state index in [0.29, 0.717) is 11.3 Å². The van der Waals surface area contributed by atoms with Gasteiger partial charge < -0.3 is 4.74 Å². The van der Waals surface area contributed by atoms with Crippen LogP contribution in [-0.2, 0) is 0 Å². The predicted octanol–water partition coefficient (Wildman–Crippen LogP) is 3.99. The number of methoxy groups -OCH3 is 1. The first-order valence-corrected chi connectivity index (χ1v) is 6.54. The summed E-state index contributed by atoms with van der Waals surface area (Å²) in [5.41, 5.74) is 1.92. The maximum atomic E-state index is 12.4. The third kappa shape index (κ3) is 2.25. The van der Waals surface area contributed by atoms with Crippen molar-refractivity contribution in [3.05, 3.63) is 27.7 Å². The number of carbonyl (C=O) groups excluding carboxylic acids is 1. The number of ether oxygens (including phenoxy) is 1. The molecule has 0 spiro atoms. The Balaban J connectivity index is 2.38. The fourth-order valence-electron chi connectivity index (χ4n) is 2.12. The minimum absolute atomic E-state index is 0.144. The van der Waals surface area contributed by atoms with Gasteiger partial charge in [-0.05, 0) is 36.5 Å². The van der Waals surface area contributed by atoms with Crippen molar-refractivity contribution in [3.63, 3.8) is 0 Å². The summed E-state index contributed by atoms with van der Waals surface area (Å²) in [4.78, 5) is 12.4. The van der Waals surface area contributed by atoms with Gasteiger partial charge in [-0.15, -0.1) is 0 Å². The molecule has 1 aliphatic rings. The van der Waals surface area contributed by atoms with Gasteiger partial charge in [-0.2, -0.15) is 0 Å². The van der Waals surface area contributed by atoms with Gasteiger partial charge in [-0.3, -0.25) is 4.79 Å². The number of hydrogen-bond donors (Lipinski definition) is 0. The number of aryl methyl sites for hydroxylation is 1. The Hall–Kier alpha value is -0.830. The second kappa shape index (κ2) is 4.13. The van der Waals surface area contributed by atoms with E-state index in [2.05, 4.69) is 29.8 Å². The van der Waals surface area contributed by atoms with Crippen molar-refractivity contribution in [2.24, 2.45) is 11.3 Å². The highest BCUT2D eigenvalue weighted by molar-refractivity contribution is 9.10. The highest BCUT2D eigenvalue weighted by Gasteiger charge is 2.51. The van der Waals surface area contributed by atoms with Gasteiger partial charge in [0.15, 0.2) is 5.78 Å². The van der Waals surface area contributed by atoms with Crippen LogP contribution >= 0.6 is 15.9 Å². The van der Waals surface area contributed by atoms with Gasteiger partial charge in [-0.25, -0.2) is 0 Å². The average molecular weight is 297 g/mol. The number of carbonyl (C=O) groups is 1. The van der Waals surface area contributed by atoms with E-state index in [9.17, 15) is 4.79 Å². The molecule has 0 aromatic heterocycles. The van der Waals surface area contributed by atoms with Gasteiger partial charge in [0, 0.05) is 10.4 Å². The number of ketones is 1. The second-order valence-corrected chi connectivity index (χ2v) is 6.27. The summed E-state index contributed by atoms with van der Waals surface area (Å²) in [6.45, 7) is 6.25. The Kier molecular flexibility index (Phi) is 3.06. The lowest BCUT2D eigenvalue weighted by Gasteiger charge is -2.11. The van der Waals surface area contributed by atoms with E-state index in [-0.39, 0.29) is 17.1 Å². The molecule has 0 amide bonds. The number of halogens is 1. The Morgan fingerprint density at radius 3 is 2.53 bits per heavy atom. The maximum Gasteiger partial charge on any atom is 0.170 e. The van der Waals surface area contributed by atoms with Gasteiger partial charge in [0.1, 0.15) is 5.75 Å². The minimum atomic E-state index is 0.144. The summed E-state index contributed by atoms with van der Waals surface area (Å²) in [6.07, 6.45) is 0.973. The first-order chi connectivity index (χ1) is 7.86. The molecule has 1 atom stereocenters. The molecular formula is C14H17BrO2. The largest absolute Gasteiger partial charge is 0.496 e. The van der Waals surface area contributed by atoms with Crippen molar-refractivity contribution in [3.8, 4) is 5.75 Å². The van der Waals surface area contributed by atoms with E-state index in [1.165, 1.54) is 0 Å². The van der Waals surface area contributed by atoms with Crippen molar-refractivity contribution in [1.29, 1.82) is 0 Å². The SMILES string of the molecule is COc1cc(C)c(Br)cc1C(=O)C1CC1(C)C. The quantitative estimate of drug-likeness (QED) is 0.788. The number of Topliss-reactive ketones (excluding diaryl/α,β-unsaturated/α-hetero) is 1. The van der Waals surface area contributed by atoms with E-state index < -0.39 is 0 Å². The van der Waals surface area contributed by atoms with Crippen LogP contribution in [0.3, 0.4) is 0 Å². The Morgan fingerprint density at radius 2 is 2.06 bits per heavy atom. The predicted molar refractivity (Wildman–Crippen MR) is 71.6 cm³/mol. The first kappa shape index (κ1) is 12.6. The zero-order chi connectivity index (χ0) is 12.8. The molecule has 0 radical (unpaired) electrons. The van der Waals surface area contributed by atoms with Crippen LogP contribution in [0.4, 0.5) is 0 Å². The molecule has 2 rings (SSSR count). The Morgan fingerprint density at radius 1 is 1.47 bits per heavy atom. The average Bonchev–Trinajstić information content (AvgIpc) is 2.90. The molecule has 0 bridgehead atoms. The second-order valence-electron chi connectivity index (χ2n) is 5.41. The van der Waals surface area contributed by atoms with E-state index in [0.717, 1.165) is 16.5 Å². The van der Waals surface area contributed by atoms with E-state index in [1.807, 2.05) is 19.1 Å². The lowest BCUT2D eigenvalue weighted by atomic mass is 9.99. The summed E-state index contributed by atoms with van der Waals surface area (Å²) in [5, 5.41) is 0. The van der Waals surface area contributed by atoms with Crippen molar-refractivity contribution < 1.29 is 9.53 Å². The molecule has 0 saturated heterocycles. The van der Waals surface area contributed by atoms with Crippen LogP contribution in [0.1, 0.15) is 36.2 Å². The van der Waals surface area contributed by atoms with E-state index in [4.69, 9.17) is 4.74 Å². The van der Waals surface area contributed by atoms with Crippen LogP contribution in [0.15, 0.2) is 16.6 Å².